The SMILES string of the molecule is CCCCCCC(C(=O)O)c1ccccc1S(=O)(=O)O. The highest BCUT2D eigenvalue weighted by Gasteiger charge is 2.26. The van der Waals surface area contributed by atoms with Crippen LogP contribution in [0.25, 0.3) is 0 Å². The summed E-state index contributed by atoms with van der Waals surface area (Å²) in [5.74, 6) is -1.98. The van der Waals surface area contributed by atoms with Crippen LogP contribution >= 0.6 is 0 Å². The molecule has 0 aromatic heterocycles. The maximum Gasteiger partial charge on any atom is 0.311 e. The average molecular weight is 300 g/mol. The van der Waals surface area contributed by atoms with Gasteiger partial charge in [-0.2, -0.15) is 8.42 Å². The van der Waals surface area contributed by atoms with Crippen molar-refractivity contribution in [3.8, 4) is 0 Å². The Morgan fingerprint density at radius 3 is 2.40 bits per heavy atom. The van der Waals surface area contributed by atoms with Gasteiger partial charge in [0.15, 0.2) is 0 Å². The van der Waals surface area contributed by atoms with Crippen LogP contribution in [0, 0.1) is 0 Å². The highest BCUT2D eigenvalue weighted by molar-refractivity contribution is 7.85. The molecule has 0 bridgehead atoms. The first kappa shape index (κ1) is 16.7. The van der Waals surface area contributed by atoms with Gasteiger partial charge in [0.2, 0.25) is 0 Å². The van der Waals surface area contributed by atoms with Gasteiger partial charge in [-0.3, -0.25) is 9.35 Å². The lowest BCUT2D eigenvalue weighted by Crippen LogP contribution is -2.15. The van der Waals surface area contributed by atoms with Crippen LogP contribution in [0.1, 0.15) is 50.5 Å². The lowest BCUT2D eigenvalue weighted by Gasteiger charge is -2.15. The minimum atomic E-state index is -4.41. The van der Waals surface area contributed by atoms with E-state index in [4.69, 9.17) is 0 Å². The maximum atomic E-state index is 11.4. The lowest BCUT2D eigenvalue weighted by molar-refractivity contribution is -0.139. The van der Waals surface area contributed by atoms with E-state index < -0.39 is 22.0 Å². The van der Waals surface area contributed by atoms with Gasteiger partial charge in [0.05, 0.1) is 10.8 Å². The fourth-order valence-electron chi connectivity index (χ4n) is 2.19. The van der Waals surface area contributed by atoms with Crippen LogP contribution in [0.5, 0.6) is 0 Å². The van der Waals surface area contributed by atoms with E-state index in [9.17, 15) is 22.9 Å². The number of benzene rings is 1. The molecule has 6 heteroatoms. The van der Waals surface area contributed by atoms with E-state index in [-0.39, 0.29) is 10.5 Å². The van der Waals surface area contributed by atoms with Crippen LogP contribution in [0.15, 0.2) is 29.2 Å². The van der Waals surface area contributed by atoms with Crippen molar-refractivity contribution in [3.05, 3.63) is 29.8 Å². The molecule has 2 N–H and O–H groups in total. The second-order valence-corrected chi connectivity index (χ2v) is 6.14. The van der Waals surface area contributed by atoms with Gasteiger partial charge in [0.25, 0.3) is 10.1 Å². The summed E-state index contributed by atoms with van der Waals surface area (Å²) in [5, 5.41) is 9.30. The number of aliphatic carboxylic acids is 1. The molecule has 0 aliphatic carbocycles. The molecule has 1 aromatic carbocycles. The molecule has 0 spiro atoms. The van der Waals surface area contributed by atoms with Gasteiger partial charge in [0.1, 0.15) is 0 Å². The zero-order valence-corrected chi connectivity index (χ0v) is 12.3. The predicted octanol–water partition coefficient (Wildman–Crippen LogP) is 3.07. The van der Waals surface area contributed by atoms with Crippen molar-refractivity contribution in [3.63, 3.8) is 0 Å². The number of hydrogen-bond acceptors (Lipinski definition) is 3. The first-order valence-corrected chi connectivity index (χ1v) is 8.11. The molecule has 0 radical (unpaired) electrons. The molecule has 5 nitrogen and oxygen atoms in total. The summed E-state index contributed by atoms with van der Waals surface area (Å²) >= 11 is 0. The Morgan fingerprint density at radius 1 is 1.20 bits per heavy atom. The van der Waals surface area contributed by atoms with Crippen molar-refractivity contribution in [2.24, 2.45) is 0 Å². The predicted molar refractivity (Wildman–Crippen MR) is 75.4 cm³/mol. The number of rotatable bonds is 8. The van der Waals surface area contributed by atoms with E-state index in [0.29, 0.717) is 12.8 Å². The molecule has 112 valence electrons. The van der Waals surface area contributed by atoms with Gasteiger partial charge in [-0.15, -0.1) is 0 Å². The fraction of sp³-hybridized carbons (Fsp3) is 0.500. The third-order valence-electron chi connectivity index (χ3n) is 3.22. The van der Waals surface area contributed by atoms with Gasteiger partial charge < -0.3 is 5.11 Å². The Hall–Kier alpha value is -1.40. The van der Waals surface area contributed by atoms with E-state index in [0.717, 1.165) is 19.3 Å². The smallest absolute Gasteiger partial charge is 0.311 e. The lowest BCUT2D eigenvalue weighted by atomic mass is 9.93. The molecule has 1 rings (SSSR count). The molecule has 0 fully saturated rings. The Bertz CT molecular complexity index is 550. The van der Waals surface area contributed by atoms with Crippen LogP contribution in [0.3, 0.4) is 0 Å². The van der Waals surface area contributed by atoms with Gasteiger partial charge >= 0.3 is 5.97 Å². The van der Waals surface area contributed by atoms with Crippen LogP contribution in [-0.4, -0.2) is 24.0 Å². The zero-order chi connectivity index (χ0) is 15.2. The van der Waals surface area contributed by atoms with Gasteiger partial charge in [0, 0.05) is 0 Å². The molecule has 1 aromatic rings. The van der Waals surface area contributed by atoms with Crippen molar-refractivity contribution >= 4 is 16.1 Å². The standard InChI is InChI=1S/C14H20O5S/c1-2-3-4-5-9-12(14(15)16)11-8-6-7-10-13(11)20(17,18)19/h6-8,10,12H,2-5,9H2,1H3,(H,15,16)(H,17,18,19). The molecular formula is C14H20O5S. The fourth-order valence-corrected chi connectivity index (χ4v) is 2.95. The van der Waals surface area contributed by atoms with Crippen molar-refractivity contribution in [2.45, 2.75) is 49.8 Å². The molecule has 0 saturated heterocycles. The largest absolute Gasteiger partial charge is 0.481 e. The molecule has 0 aliphatic rings. The topological polar surface area (TPSA) is 91.7 Å². The summed E-state index contributed by atoms with van der Waals surface area (Å²) in [6.45, 7) is 2.06. The van der Waals surface area contributed by atoms with Crippen molar-refractivity contribution < 1.29 is 22.9 Å². The first-order valence-electron chi connectivity index (χ1n) is 6.67. The van der Waals surface area contributed by atoms with E-state index >= 15 is 0 Å². The summed E-state index contributed by atoms with van der Waals surface area (Å²) < 4.78 is 31.8. The maximum absolute atomic E-state index is 11.4. The van der Waals surface area contributed by atoms with E-state index in [1.165, 1.54) is 18.2 Å². The second kappa shape index (κ2) is 7.40. The van der Waals surface area contributed by atoms with Gasteiger partial charge in [-0.05, 0) is 18.1 Å². The first-order chi connectivity index (χ1) is 9.38. The monoisotopic (exact) mass is 300 g/mol. The van der Waals surface area contributed by atoms with E-state index in [1.54, 1.807) is 6.07 Å². The molecule has 1 atom stereocenters. The number of carbonyl (C=O) groups is 1. The number of carboxylic acid groups (broad SMARTS) is 1. The molecule has 0 saturated carbocycles. The number of carboxylic acids is 1. The Kier molecular flexibility index (Phi) is 6.16. The molecule has 0 aliphatic heterocycles. The normalized spacial score (nSPS) is 13.1. The summed E-state index contributed by atoms with van der Waals surface area (Å²) in [6.07, 6.45) is 4.05. The average Bonchev–Trinajstić information content (AvgIpc) is 2.37. The van der Waals surface area contributed by atoms with Crippen LogP contribution < -0.4 is 0 Å². The minimum Gasteiger partial charge on any atom is -0.481 e. The number of unbranched alkanes of at least 4 members (excludes halogenated alkanes) is 3. The Morgan fingerprint density at radius 2 is 1.85 bits per heavy atom. The summed E-state index contributed by atoms with van der Waals surface area (Å²) in [5.41, 5.74) is 0.152. The van der Waals surface area contributed by atoms with E-state index in [2.05, 4.69) is 6.92 Å². The minimum absolute atomic E-state index is 0.152. The molecule has 0 amide bonds. The quantitative estimate of drug-likeness (QED) is 0.568. The van der Waals surface area contributed by atoms with Crippen LogP contribution in [-0.2, 0) is 14.9 Å². The zero-order valence-electron chi connectivity index (χ0n) is 11.4. The van der Waals surface area contributed by atoms with Gasteiger partial charge in [-0.1, -0.05) is 50.8 Å². The molecular weight excluding hydrogens is 280 g/mol. The highest BCUT2D eigenvalue weighted by atomic mass is 32.2. The van der Waals surface area contributed by atoms with Crippen molar-refractivity contribution in [1.29, 1.82) is 0 Å². The molecule has 20 heavy (non-hydrogen) atoms. The molecule has 1 unspecified atom stereocenters. The van der Waals surface area contributed by atoms with Gasteiger partial charge in [-0.25, -0.2) is 0 Å². The summed E-state index contributed by atoms with van der Waals surface area (Å²) in [6, 6.07) is 5.71. The third kappa shape index (κ3) is 4.61. The second-order valence-electron chi connectivity index (χ2n) is 4.75. The summed E-state index contributed by atoms with van der Waals surface area (Å²) in [7, 11) is -4.41. The van der Waals surface area contributed by atoms with Crippen molar-refractivity contribution in [1.82, 2.24) is 0 Å². The van der Waals surface area contributed by atoms with Crippen molar-refractivity contribution in [2.75, 3.05) is 0 Å². The third-order valence-corrected chi connectivity index (χ3v) is 4.14. The highest BCUT2D eigenvalue weighted by Crippen LogP contribution is 2.28. The van der Waals surface area contributed by atoms with Crippen LogP contribution in [0.2, 0.25) is 0 Å². The Labute approximate surface area is 119 Å². The Balaban J connectivity index is 3.01. The van der Waals surface area contributed by atoms with E-state index in [1.807, 2.05) is 0 Å². The summed E-state index contributed by atoms with van der Waals surface area (Å²) in [4.78, 5) is 11.0. The number of hydrogen-bond donors (Lipinski definition) is 2. The van der Waals surface area contributed by atoms with Crippen LogP contribution in [0.4, 0.5) is 0 Å². The molecule has 0 heterocycles.